The molecular formula is C13H15BrFN5. The normalized spacial score (nSPS) is 12.1. The number of halogens is 2. The Balaban J connectivity index is 2.23. The molecule has 1 aromatic carbocycles. The van der Waals surface area contributed by atoms with Gasteiger partial charge in [-0.15, -0.1) is 0 Å². The zero-order valence-electron chi connectivity index (χ0n) is 11.1. The summed E-state index contributed by atoms with van der Waals surface area (Å²) in [6, 6.07) is 5.05. The molecule has 4 N–H and O–H groups in total. The van der Waals surface area contributed by atoms with Crippen molar-refractivity contribution >= 4 is 27.6 Å². The number of benzene rings is 1. The third kappa shape index (κ3) is 3.05. The van der Waals surface area contributed by atoms with Crippen molar-refractivity contribution in [2.75, 3.05) is 10.7 Å². The molecule has 0 aliphatic rings. The summed E-state index contributed by atoms with van der Waals surface area (Å²) in [5, 5.41) is 3.19. The fraction of sp³-hybridized carbons (Fsp3) is 0.231. The minimum absolute atomic E-state index is 0.109. The van der Waals surface area contributed by atoms with Crippen molar-refractivity contribution in [3.8, 4) is 0 Å². The molecule has 2 aromatic rings. The topological polar surface area (TPSA) is 75.9 Å². The first-order valence-electron chi connectivity index (χ1n) is 6.02. The molecule has 1 atom stereocenters. The number of hydrogen-bond donors (Lipinski definition) is 3. The molecule has 1 unspecified atom stereocenters. The molecule has 0 radical (unpaired) electrons. The fourth-order valence-electron chi connectivity index (χ4n) is 1.74. The number of nitrogen functional groups attached to an aromatic ring is 1. The van der Waals surface area contributed by atoms with Gasteiger partial charge in [-0.2, -0.15) is 0 Å². The van der Waals surface area contributed by atoms with Crippen LogP contribution in [0.15, 0.2) is 29.0 Å². The third-order valence-corrected chi connectivity index (χ3v) is 3.73. The highest BCUT2D eigenvalue weighted by Crippen LogP contribution is 2.29. The summed E-state index contributed by atoms with van der Waals surface area (Å²) in [6.45, 7) is 3.66. The van der Waals surface area contributed by atoms with Gasteiger partial charge in [-0.1, -0.05) is 12.1 Å². The zero-order valence-corrected chi connectivity index (χ0v) is 12.7. The first-order chi connectivity index (χ1) is 9.52. The Kier molecular flexibility index (Phi) is 4.51. The molecule has 0 aliphatic carbocycles. The molecule has 106 valence electrons. The van der Waals surface area contributed by atoms with E-state index >= 15 is 0 Å². The Morgan fingerprint density at radius 2 is 2.00 bits per heavy atom. The lowest BCUT2D eigenvalue weighted by molar-refractivity contribution is 0.614. The van der Waals surface area contributed by atoms with Gasteiger partial charge in [-0.3, -0.25) is 0 Å². The first-order valence-corrected chi connectivity index (χ1v) is 6.82. The summed E-state index contributed by atoms with van der Waals surface area (Å²) < 4.78 is 14.2. The van der Waals surface area contributed by atoms with Gasteiger partial charge in [0.05, 0.1) is 6.04 Å². The van der Waals surface area contributed by atoms with E-state index in [0.717, 1.165) is 5.56 Å². The van der Waals surface area contributed by atoms with Gasteiger partial charge in [0.25, 0.3) is 0 Å². The second kappa shape index (κ2) is 6.15. The standard InChI is InChI=1S/C13H15BrFN5/c1-7-3-4-9(5-10(7)15)8(2)19-12-11(14)13(20-16)18-6-17-12/h3-6,8H,16H2,1-2H3,(H2,17,18,19,20). The highest BCUT2D eigenvalue weighted by molar-refractivity contribution is 9.10. The summed E-state index contributed by atoms with van der Waals surface area (Å²) in [5.41, 5.74) is 3.93. The van der Waals surface area contributed by atoms with Crippen LogP contribution >= 0.6 is 15.9 Å². The molecule has 0 saturated carbocycles. The molecule has 0 fully saturated rings. The second-order valence-corrected chi connectivity index (χ2v) is 5.20. The number of aromatic nitrogens is 2. The molecule has 5 nitrogen and oxygen atoms in total. The number of nitrogens with zero attached hydrogens (tertiary/aromatic N) is 2. The van der Waals surface area contributed by atoms with Gasteiger partial charge in [0.15, 0.2) is 5.82 Å². The van der Waals surface area contributed by atoms with Crippen LogP contribution in [-0.4, -0.2) is 9.97 Å². The lowest BCUT2D eigenvalue weighted by atomic mass is 10.1. The van der Waals surface area contributed by atoms with E-state index in [1.54, 1.807) is 13.0 Å². The van der Waals surface area contributed by atoms with E-state index in [0.29, 0.717) is 21.7 Å². The Morgan fingerprint density at radius 1 is 1.30 bits per heavy atom. The molecule has 0 aliphatic heterocycles. The van der Waals surface area contributed by atoms with E-state index in [1.165, 1.54) is 12.4 Å². The van der Waals surface area contributed by atoms with E-state index in [2.05, 4.69) is 36.6 Å². The molecule has 0 spiro atoms. The van der Waals surface area contributed by atoms with Crippen LogP contribution in [0.3, 0.4) is 0 Å². The number of rotatable bonds is 4. The van der Waals surface area contributed by atoms with Gasteiger partial charge in [0.1, 0.15) is 22.4 Å². The summed E-state index contributed by atoms with van der Waals surface area (Å²) in [4.78, 5) is 8.10. The zero-order chi connectivity index (χ0) is 14.7. The minimum atomic E-state index is -0.220. The average molecular weight is 340 g/mol. The van der Waals surface area contributed by atoms with Gasteiger partial charge >= 0.3 is 0 Å². The lowest BCUT2D eigenvalue weighted by Crippen LogP contribution is -2.13. The van der Waals surface area contributed by atoms with E-state index in [9.17, 15) is 4.39 Å². The highest BCUT2D eigenvalue weighted by Gasteiger charge is 2.12. The molecule has 1 heterocycles. The molecule has 2 rings (SSSR count). The van der Waals surface area contributed by atoms with Crippen LogP contribution < -0.4 is 16.6 Å². The summed E-state index contributed by atoms with van der Waals surface area (Å²) >= 11 is 3.36. The van der Waals surface area contributed by atoms with Crippen molar-refractivity contribution in [2.24, 2.45) is 5.84 Å². The lowest BCUT2D eigenvalue weighted by Gasteiger charge is -2.17. The summed E-state index contributed by atoms with van der Waals surface area (Å²) in [6.07, 6.45) is 1.39. The monoisotopic (exact) mass is 339 g/mol. The summed E-state index contributed by atoms with van der Waals surface area (Å²) in [5.74, 6) is 6.19. The van der Waals surface area contributed by atoms with Crippen molar-refractivity contribution in [2.45, 2.75) is 19.9 Å². The van der Waals surface area contributed by atoms with Gasteiger partial charge in [0.2, 0.25) is 0 Å². The van der Waals surface area contributed by atoms with Crippen LogP contribution in [0.1, 0.15) is 24.1 Å². The van der Waals surface area contributed by atoms with Crippen molar-refractivity contribution < 1.29 is 4.39 Å². The maximum atomic E-state index is 13.6. The molecule has 20 heavy (non-hydrogen) atoms. The maximum absolute atomic E-state index is 13.6. The minimum Gasteiger partial charge on any atom is -0.362 e. The highest BCUT2D eigenvalue weighted by atomic mass is 79.9. The Bertz CT molecular complexity index is 620. The van der Waals surface area contributed by atoms with Crippen molar-refractivity contribution in [1.29, 1.82) is 0 Å². The second-order valence-electron chi connectivity index (χ2n) is 4.40. The SMILES string of the molecule is Cc1ccc(C(C)Nc2ncnc(NN)c2Br)cc1F. The van der Waals surface area contributed by atoms with E-state index in [1.807, 2.05) is 13.0 Å². The van der Waals surface area contributed by atoms with Gasteiger partial charge in [-0.05, 0) is 47.0 Å². The van der Waals surface area contributed by atoms with Gasteiger partial charge in [0, 0.05) is 0 Å². The Hall–Kier alpha value is -1.73. The average Bonchev–Trinajstić information content (AvgIpc) is 2.44. The smallest absolute Gasteiger partial charge is 0.159 e. The number of hydrazine groups is 1. The van der Waals surface area contributed by atoms with Crippen LogP contribution in [0.25, 0.3) is 0 Å². The van der Waals surface area contributed by atoms with E-state index < -0.39 is 0 Å². The predicted octanol–water partition coefficient (Wildman–Crippen LogP) is 3.15. The largest absolute Gasteiger partial charge is 0.362 e. The third-order valence-electron chi connectivity index (χ3n) is 2.98. The molecule has 0 saturated heterocycles. The number of nitrogens with two attached hydrogens (primary N) is 1. The van der Waals surface area contributed by atoms with Crippen LogP contribution in [-0.2, 0) is 0 Å². The Morgan fingerprint density at radius 3 is 2.65 bits per heavy atom. The van der Waals surface area contributed by atoms with Crippen LogP contribution in [0.2, 0.25) is 0 Å². The Labute approximate surface area is 124 Å². The van der Waals surface area contributed by atoms with Crippen LogP contribution in [0.4, 0.5) is 16.0 Å². The fourth-order valence-corrected chi connectivity index (χ4v) is 2.17. The maximum Gasteiger partial charge on any atom is 0.159 e. The van der Waals surface area contributed by atoms with Gasteiger partial charge in [-0.25, -0.2) is 20.2 Å². The first kappa shape index (κ1) is 14.7. The molecular weight excluding hydrogens is 325 g/mol. The number of aryl methyl sites for hydroxylation is 1. The van der Waals surface area contributed by atoms with Crippen molar-refractivity contribution in [3.63, 3.8) is 0 Å². The molecule has 7 heteroatoms. The van der Waals surface area contributed by atoms with E-state index in [-0.39, 0.29) is 11.9 Å². The van der Waals surface area contributed by atoms with E-state index in [4.69, 9.17) is 5.84 Å². The molecule has 0 amide bonds. The number of anilines is 2. The number of nitrogens with one attached hydrogen (secondary N) is 2. The van der Waals surface area contributed by atoms with Crippen molar-refractivity contribution in [1.82, 2.24) is 9.97 Å². The molecule has 0 bridgehead atoms. The number of hydrogen-bond acceptors (Lipinski definition) is 5. The van der Waals surface area contributed by atoms with Crippen LogP contribution in [0, 0.1) is 12.7 Å². The van der Waals surface area contributed by atoms with Crippen molar-refractivity contribution in [3.05, 3.63) is 45.9 Å². The molecule has 1 aromatic heterocycles. The summed E-state index contributed by atoms with van der Waals surface area (Å²) in [7, 11) is 0. The van der Waals surface area contributed by atoms with Crippen LogP contribution in [0.5, 0.6) is 0 Å². The predicted molar refractivity (Wildman–Crippen MR) is 80.7 cm³/mol. The van der Waals surface area contributed by atoms with Gasteiger partial charge < -0.3 is 10.7 Å². The quantitative estimate of drug-likeness (QED) is 0.589.